The molecule has 2 atom stereocenters. The van der Waals surface area contributed by atoms with Crippen molar-refractivity contribution in [1.29, 1.82) is 0 Å². The normalized spacial score (nSPS) is 32.1. The smallest absolute Gasteiger partial charge is 0.302 e. The monoisotopic (exact) mass is 131 g/mol. The fourth-order valence-corrected chi connectivity index (χ4v) is 0.814. The topological polar surface area (TPSA) is 55.7 Å². The van der Waals surface area contributed by atoms with Crippen LogP contribution >= 0.6 is 0 Å². The molecule has 0 radical (unpaired) electrons. The third-order valence-electron chi connectivity index (χ3n) is 1.34. The van der Waals surface area contributed by atoms with Gasteiger partial charge < -0.3 is 4.74 Å². The minimum Gasteiger partial charge on any atom is -0.302 e. The summed E-state index contributed by atoms with van der Waals surface area (Å²) in [7, 11) is 0. The van der Waals surface area contributed by atoms with Crippen LogP contribution in [0.5, 0.6) is 0 Å². The fraction of sp³-hybridized carbons (Fsp3) is 1.00. The summed E-state index contributed by atoms with van der Waals surface area (Å²) in [5.41, 5.74) is 0. The van der Waals surface area contributed by atoms with Gasteiger partial charge in [0.1, 0.15) is 0 Å². The Kier molecular flexibility index (Phi) is 1.66. The van der Waals surface area contributed by atoms with Gasteiger partial charge in [-0.05, 0) is 6.42 Å². The first kappa shape index (κ1) is 6.48. The van der Waals surface area contributed by atoms with Crippen LogP contribution in [0.2, 0.25) is 0 Å². The molecule has 0 aliphatic carbocycles. The molecule has 0 bridgehead atoms. The number of epoxide rings is 1. The van der Waals surface area contributed by atoms with Crippen LogP contribution in [0, 0.1) is 10.1 Å². The van der Waals surface area contributed by atoms with Crippen molar-refractivity contribution in [3.05, 3.63) is 10.1 Å². The molecule has 0 amide bonds. The molecular weight excluding hydrogens is 122 g/mol. The quantitative estimate of drug-likeness (QED) is 0.323. The molecule has 1 fully saturated rings. The maximum Gasteiger partial charge on any atom is 0.342 e. The van der Waals surface area contributed by atoms with Gasteiger partial charge in [0.2, 0.25) is 0 Å². The Hall–Kier alpha value is -0.640. The van der Waals surface area contributed by atoms with Crippen LogP contribution in [-0.4, -0.2) is 17.3 Å². The van der Waals surface area contributed by atoms with Crippen molar-refractivity contribution in [2.45, 2.75) is 32.1 Å². The number of nitrogens with zero attached hydrogens (tertiary/aromatic N) is 1. The number of hydrogen-bond acceptors (Lipinski definition) is 3. The van der Waals surface area contributed by atoms with Crippen molar-refractivity contribution in [2.75, 3.05) is 0 Å². The van der Waals surface area contributed by atoms with E-state index in [2.05, 4.69) is 0 Å². The summed E-state index contributed by atoms with van der Waals surface area (Å²) in [4.78, 5) is 9.55. The molecule has 0 saturated carbocycles. The molecule has 1 saturated heterocycles. The van der Waals surface area contributed by atoms with E-state index in [1.54, 1.807) is 0 Å². The second-order valence-electron chi connectivity index (χ2n) is 2.14. The lowest BCUT2D eigenvalue weighted by Gasteiger charge is -1.82. The molecule has 0 aromatic rings. The van der Waals surface area contributed by atoms with Gasteiger partial charge >= 0.3 is 6.23 Å². The molecule has 0 spiro atoms. The zero-order chi connectivity index (χ0) is 6.85. The summed E-state index contributed by atoms with van der Waals surface area (Å²) >= 11 is 0. The molecule has 4 nitrogen and oxygen atoms in total. The minimum absolute atomic E-state index is 0.0926. The molecular formula is C5H9NO3. The summed E-state index contributed by atoms with van der Waals surface area (Å²) in [6, 6.07) is 0. The summed E-state index contributed by atoms with van der Waals surface area (Å²) in [5, 5.41) is 9.93. The first-order valence-corrected chi connectivity index (χ1v) is 3.04. The molecule has 1 rings (SSSR count). The van der Waals surface area contributed by atoms with Crippen LogP contribution < -0.4 is 0 Å². The lowest BCUT2D eigenvalue weighted by Crippen LogP contribution is -2.05. The predicted molar refractivity (Wildman–Crippen MR) is 30.6 cm³/mol. The number of rotatable bonds is 3. The van der Waals surface area contributed by atoms with Gasteiger partial charge in [-0.25, -0.2) is 0 Å². The summed E-state index contributed by atoms with van der Waals surface area (Å²) in [5.74, 6) is 0. The number of nitro groups is 1. The van der Waals surface area contributed by atoms with E-state index >= 15 is 0 Å². The van der Waals surface area contributed by atoms with Gasteiger partial charge in [0, 0.05) is 0 Å². The molecule has 0 N–H and O–H groups in total. The van der Waals surface area contributed by atoms with Crippen molar-refractivity contribution < 1.29 is 9.66 Å². The van der Waals surface area contributed by atoms with Crippen LogP contribution in [0.25, 0.3) is 0 Å². The third kappa shape index (κ3) is 1.38. The molecule has 1 aliphatic heterocycles. The van der Waals surface area contributed by atoms with Gasteiger partial charge in [0.05, 0.1) is 4.92 Å². The summed E-state index contributed by atoms with van der Waals surface area (Å²) in [6.07, 6.45) is 0.982. The first-order chi connectivity index (χ1) is 4.25. The Morgan fingerprint density at radius 1 is 1.78 bits per heavy atom. The van der Waals surface area contributed by atoms with Crippen LogP contribution in [0.15, 0.2) is 0 Å². The molecule has 0 aromatic heterocycles. The lowest BCUT2D eigenvalue weighted by atomic mass is 10.2. The lowest BCUT2D eigenvalue weighted by molar-refractivity contribution is -0.516. The van der Waals surface area contributed by atoms with E-state index in [0.717, 1.165) is 12.8 Å². The van der Waals surface area contributed by atoms with Crippen molar-refractivity contribution in [3.63, 3.8) is 0 Å². The van der Waals surface area contributed by atoms with Crippen LogP contribution in [0.4, 0.5) is 0 Å². The van der Waals surface area contributed by atoms with Crippen molar-refractivity contribution in [1.82, 2.24) is 0 Å². The molecule has 0 unspecified atom stereocenters. The van der Waals surface area contributed by atoms with E-state index in [-0.39, 0.29) is 11.0 Å². The minimum atomic E-state index is -0.690. The Morgan fingerprint density at radius 3 is 2.78 bits per heavy atom. The molecule has 0 aromatic carbocycles. The molecule has 9 heavy (non-hydrogen) atoms. The highest BCUT2D eigenvalue weighted by Crippen LogP contribution is 2.26. The van der Waals surface area contributed by atoms with Gasteiger partial charge in [-0.15, -0.1) is 0 Å². The van der Waals surface area contributed by atoms with Gasteiger partial charge in [-0.3, -0.25) is 10.1 Å². The highest BCUT2D eigenvalue weighted by atomic mass is 16.7. The van der Waals surface area contributed by atoms with Crippen LogP contribution in [0.3, 0.4) is 0 Å². The number of hydrogen-bond donors (Lipinski definition) is 0. The van der Waals surface area contributed by atoms with Crippen molar-refractivity contribution in [2.24, 2.45) is 0 Å². The molecule has 52 valence electrons. The zero-order valence-corrected chi connectivity index (χ0v) is 5.24. The van der Waals surface area contributed by atoms with E-state index in [4.69, 9.17) is 4.74 Å². The SMILES string of the molecule is CCC[C@@H]1O[C@H]1[N+](=O)[O-]. The Morgan fingerprint density at radius 2 is 2.44 bits per heavy atom. The second kappa shape index (κ2) is 2.31. The van der Waals surface area contributed by atoms with Gasteiger partial charge in [-0.1, -0.05) is 13.3 Å². The standard InChI is InChI=1S/C5H9NO3/c1-2-3-4-5(9-4)6(7)8/h4-5H,2-3H2,1H3/t4-,5+/m0/s1. The van der Waals surface area contributed by atoms with E-state index in [0.29, 0.717) is 0 Å². The van der Waals surface area contributed by atoms with Crippen molar-refractivity contribution in [3.8, 4) is 0 Å². The first-order valence-electron chi connectivity index (χ1n) is 3.04. The highest BCUT2D eigenvalue weighted by molar-refractivity contribution is 4.74. The molecule has 1 heterocycles. The van der Waals surface area contributed by atoms with E-state index in [1.807, 2.05) is 6.92 Å². The van der Waals surface area contributed by atoms with E-state index in [1.165, 1.54) is 0 Å². The van der Waals surface area contributed by atoms with Crippen LogP contribution in [0.1, 0.15) is 19.8 Å². The Bertz CT molecular complexity index is 125. The Balaban J connectivity index is 2.17. The second-order valence-corrected chi connectivity index (χ2v) is 2.14. The predicted octanol–water partition coefficient (Wildman–Crippen LogP) is 0.788. The average molecular weight is 131 g/mol. The maximum absolute atomic E-state index is 9.93. The van der Waals surface area contributed by atoms with E-state index in [9.17, 15) is 10.1 Å². The molecule has 4 heteroatoms. The van der Waals surface area contributed by atoms with Gasteiger partial charge in [-0.2, -0.15) is 0 Å². The largest absolute Gasteiger partial charge is 0.342 e. The summed E-state index contributed by atoms with van der Waals surface area (Å²) in [6.45, 7) is 1.98. The van der Waals surface area contributed by atoms with Crippen LogP contribution in [-0.2, 0) is 4.74 Å². The van der Waals surface area contributed by atoms with Gasteiger partial charge in [0.15, 0.2) is 6.10 Å². The Labute approximate surface area is 53.0 Å². The van der Waals surface area contributed by atoms with E-state index < -0.39 is 6.23 Å². The third-order valence-corrected chi connectivity index (χ3v) is 1.34. The zero-order valence-electron chi connectivity index (χ0n) is 5.24. The van der Waals surface area contributed by atoms with Crippen molar-refractivity contribution >= 4 is 0 Å². The highest BCUT2D eigenvalue weighted by Gasteiger charge is 2.49. The maximum atomic E-state index is 9.93. The summed E-state index contributed by atoms with van der Waals surface area (Å²) < 4.78 is 4.72. The average Bonchev–Trinajstić information content (AvgIpc) is 2.47. The number of ether oxygens (including phenoxy) is 1. The fourth-order valence-electron chi connectivity index (χ4n) is 0.814. The molecule has 1 aliphatic rings. The van der Waals surface area contributed by atoms with Gasteiger partial charge in [0.25, 0.3) is 0 Å².